The van der Waals surface area contributed by atoms with Crippen molar-refractivity contribution >= 4 is 22.7 Å². The van der Waals surface area contributed by atoms with Crippen molar-refractivity contribution < 1.29 is 14.3 Å². The van der Waals surface area contributed by atoms with Crippen LogP contribution in [0.25, 0.3) is 10.9 Å². The number of methoxy groups -OCH3 is 1. The number of aromatic nitrogens is 1. The van der Waals surface area contributed by atoms with Gasteiger partial charge in [-0.05, 0) is 44.4 Å². The first-order valence-corrected chi connectivity index (χ1v) is 11.1. The van der Waals surface area contributed by atoms with Gasteiger partial charge < -0.3 is 19.5 Å². The van der Waals surface area contributed by atoms with Gasteiger partial charge in [-0.15, -0.1) is 0 Å². The first-order chi connectivity index (χ1) is 15.4. The molecular weight excluding hydrogens is 402 g/mol. The molecule has 1 heterocycles. The maximum Gasteiger partial charge on any atom is 0.249 e. The Morgan fingerprint density at radius 1 is 1.03 bits per heavy atom. The predicted molar refractivity (Wildman–Crippen MR) is 127 cm³/mol. The number of H-pyrrole nitrogens is 1. The number of carbonyl (C=O) groups is 2. The average molecular weight is 436 g/mol. The molecule has 0 fully saturated rings. The molecular formula is C26H33N3O3. The first kappa shape index (κ1) is 23.5. The minimum absolute atomic E-state index is 0.0290. The van der Waals surface area contributed by atoms with E-state index in [0.29, 0.717) is 13.1 Å². The number of hydrogen-bond acceptors (Lipinski definition) is 3. The number of aryl methyl sites for hydroxylation is 1. The minimum Gasteiger partial charge on any atom is -0.375 e. The van der Waals surface area contributed by atoms with Crippen molar-refractivity contribution in [3.05, 3.63) is 71.4 Å². The number of hydrogen-bond donors (Lipinski definition) is 1. The number of nitrogens with zero attached hydrogens (tertiary/aromatic N) is 2. The fourth-order valence-corrected chi connectivity index (χ4v) is 3.81. The number of carbonyl (C=O) groups excluding carboxylic acids is 2. The summed E-state index contributed by atoms with van der Waals surface area (Å²) in [5, 5.41) is 1.18. The molecule has 2 aromatic carbocycles. The van der Waals surface area contributed by atoms with Gasteiger partial charge in [0.25, 0.3) is 0 Å². The molecule has 0 aliphatic heterocycles. The number of benzene rings is 2. The Morgan fingerprint density at radius 3 is 2.44 bits per heavy atom. The summed E-state index contributed by atoms with van der Waals surface area (Å²) in [5.74, 6) is -0.244. The minimum atomic E-state index is -0.178. The van der Waals surface area contributed by atoms with Crippen LogP contribution in [0.4, 0.5) is 0 Å². The number of nitrogens with one attached hydrogen (secondary N) is 1. The molecule has 0 aliphatic rings. The van der Waals surface area contributed by atoms with Gasteiger partial charge in [0.05, 0.1) is 0 Å². The zero-order valence-corrected chi connectivity index (χ0v) is 19.4. The monoisotopic (exact) mass is 435 g/mol. The van der Waals surface area contributed by atoms with Crippen LogP contribution in [-0.2, 0) is 27.3 Å². The Labute approximate surface area is 190 Å². The predicted octanol–water partition coefficient (Wildman–Crippen LogP) is 3.93. The Bertz CT molecular complexity index is 1040. The lowest BCUT2D eigenvalue weighted by molar-refractivity contribution is -0.144. The number of aromatic amines is 1. The molecule has 0 unspecified atom stereocenters. The van der Waals surface area contributed by atoms with E-state index in [4.69, 9.17) is 4.74 Å². The second-order valence-corrected chi connectivity index (χ2v) is 8.46. The van der Waals surface area contributed by atoms with Crippen molar-refractivity contribution in [3.63, 3.8) is 0 Å². The molecule has 32 heavy (non-hydrogen) atoms. The van der Waals surface area contributed by atoms with Crippen LogP contribution >= 0.6 is 0 Å². The Balaban J connectivity index is 1.78. The number of ether oxygens (including phenoxy) is 1. The fourth-order valence-electron chi connectivity index (χ4n) is 3.81. The van der Waals surface area contributed by atoms with Crippen molar-refractivity contribution in [2.75, 3.05) is 26.8 Å². The normalized spacial score (nSPS) is 11.2. The van der Waals surface area contributed by atoms with Crippen LogP contribution in [0, 0.1) is 6.92 Å². The molecule has 0 spiro atoms. The number of para-hydroxylation sites is 1. The SMILES string of the molecule is COCC(=O)N(CC(=O)N(CCc1c[nH]c2ccccc12)Cc1ccc(C)cc1)C(C)C. The maximum absolute atomic E-state index is 13.3. The van der Waals surface area contributed by atoms with Crippen LogP contribution in [0.15, 0.2) is 54.7 Å². The molecule has 0 radical (unpaired) electrons. The van der Waals surface area contributed by atoms with Gasteiger partial charge in [-0.3, -0.25) is 9.59 Å². The summed E-state index contributed by atoms with van der Waals surface area (Å²) >= 11 is 0. The smallest absolute Gasteiger partial charge is 0.249 e. The van der Waals surface area contributed by atoms with Crippen molar-refractivity contribution in [2.45, 2.75) is 39.8 Å². The highest BCUT2D eigenvalue weighted by Gasteiger charge is 2.23. The van der Waals surface area contributed by atoms with Crippen molar-refractivity contribution in [1.82, 2.24) is 14.8 Å². The number of amides is 2. The zero-order valence-electron chi connectivity index (χ0n) is 19.4. The molecule has 6 nitrogen and oxygen atoms in total. The molecule has 1 aromatic heterocycles. The molecule has 3 aromatic rings. The third kappa shape index (κ3) is 5.98. The van der Waals surface area contributed by atoms with Gasteiger partial charge in [0.2, 0.25) is 11.8 Å². The zero-order chi connectivity index (χ0) is 23.1. The summed E-state index contributed by atoms with van der Waals surface area (Å²) in [6, 6.07) is 16.3. The molecule has 3 rings (SSSR count). The van der Waals surface area contributed by atoms with Crippen LogP contribution in [0.3, 0.4) is 0 Å². The molecule has 1 N–H and O–H groups in total. The highest BCUT2D eigenvalue weighted by Crippen LogP contribution is 2.19. The van der Waals surface area contributed by atoms with E-state index < -0.39 is 0 Å². The van der Waals surface area contributed by atoms with E-state index >= 15 is 0 Å². The lowest BCUT2D eigenvalue weighted by Gasteiger charge is -2.30. The summed E-state index contributed by atoms with van der Waals surface area (Å²) in [6.07, 6.45) is 2.75. The van der Waals surface area contributed by atoms with E-state index in [0.717, 1.165) is 17.5 Å². The molecule has 0 atom stereocenters. The Morgan fingerprint density at radius 2 is 1.75 bits per heavy atom. The molecule has 0 saturated heterocycles. The van der Waals surface area contributed by atoms with Gasteiger partial charge in [-0.25, -0.2) is 0 Å². The van der Waals surface area contributed by atoms with E-state index in [1.54, 1.807) is 4.90 Å². The van der Waals surface area contributed by atoms with E-state index in [1.165, 1.54) is 23.6 Å². The van der Waals surface area contributed by atoms with Crippen molar-refractivity contribution in [1.29, 1.82) is 0 Å². The summed E-state index contributed by atoms with van der Waals surface area (Å²) in [5.41, 5.74) is 4.53. The summed E-state index contributed by atoms with van der Waals surface area (Å²) in [7, 11) is 1.49. The van der Waals surface area contributed by atoms with E-state index in [9.17, 15) is 9.59 Å². The summed E-state index contributed by atoms with van der Waals surface area (Å²) < 4.78 is 5.00. The molecule has 0 saturated carbocycles. The fraction of sp³-hybridized carbons (Fsp3) is 0.385. The number of fused-ring (bicyclic) bond motifs is 1. The van der Waals surface area contributed by atoms with Gasteiger partial charge in [0, 0.05) is 43.3 Å². The van der Waals surface area contributed by atoms with Crippen LogP contribution in [0.2, 0.25) is 0 Å². The highest BCUT2D eigenvalue weighted by atomic mass is 16.5. The van der Waals surface area contributed by atoms with Gasteiger partial charge in [0.15, 0.2) is 0 Å². The molecule has 6 heteroatoms. The quantitative estimate of drug-likeness (QED) is 0.525. The van der Waals surface area contributed by atoms with E-state index in [2.05, 4.69) is 41.4 Å². The Hall–Kier alpha value is -3.12. The van der Waals surface area contributed by atoms with Crippen LogP contribution in [-0.4, -0.2) is 59.4 Å². The standard InChI is InChI=1S/C26H33N3O3/c1-19(2)29(26(31)18-32-4)17-25(30)28(16-21-11-9-20(3)10-12-21)14-13-22-15-27-24-8-6-5-7-23(22)24/h5-12,15,19,27H,13-14,16-18H2,1-4H3. The van der Waals surface area contributed by atoms with Gasteiger partial charge >= 0.3 is 0 Å². The molecule has 2 amide bonds. The first-order valence-electron chi connectivity index (χ1n) is 11.1. The summed E-state index contributed by atoms with van der Waals surface area (Å²) in [4.78, 5) is 32.5. The second kappa shape index (κ2) is 11.0. The average Bonchev–Trinajstić information content (AvgIpc) is 3.19. The summed E-state index contributed by atoms with van der Waals surface area (Å²) in [6.45, 7) is 6.96. The number of rotatable bonds is 10. The lowest BCUT2D eigenvalue weighted by atomic mass is 10.1. The van der Waals surface area contributed by atoms with Crippen molar-refractivity contribution in [2.24, 2.45) is 0 Å². The van der Waals surface area contributed by atoms with Crippen LogP contribution in [0.5, 0.6) is 0 Å². The highest BCUT2D eigenvalue weighted by molar-refractivity contribution is 5.86. The molecule has 0 aliphatic carbocycles. The van der Waals surface area contributed by atoms with Crippen LogP contribution in [0.1, 0.15) is 30.5 Å². The third-order valence-corrected chi connectivity index (χ3v) is 5.69. The maximum atomic E-state index is 13.3. The van der Waals surface area contributed by atoms with E-state index in [1.807, 2.05) is 44.0 Å². The lowest BCUT2D eigenvalue weighted by Crippen LogP contribution is -2.47. The van der Waals surface area contributed by atoms with E-state index in [-0.39, 0.29) is 31.0 Å². The third-order valence-electron chi connectivity index (χ3n) is 5.69. The van der Waals surface area contributed by atoms with Crippen molar-refractivity contribution in [3.8, 4) is 0 Å². The Kier molecular flexibility index (Phi) is 8.06. The largest absolute Gasteiger partial charge is 0.375 e. The second-order valence-electron chi connectivity index (χ2n) is 8.46. The molecule has 170 valence electrons. The molecule has 0 bridgehead atoms. The van der Waals surface area contributed by atoms with Gasteiger partial charge in [0.1, 0.15) is 13.2 Å². The van der Waals surface area contributed by atoms with Gasteiger partial charge in [-0.2, -0.15) is 0 Å². The van der Waals surface area contributed by atoms with Crippen LogP contribution < -0.4 is 0 Å². The topological polar surface area (TPSA) is 65.6 Å². The van der Waals surface area contributed by atoms with Gasteiger partial charge in [-0.1, -0.05) is 48.0 Å².